The van der Waals surface area contributed by atoms with Crippen LogP contribution >= 0.6 is 0 Å². The molecule has 25 heavy (non-hydrogen) atoms. The number of ether oxygens (including phenoxy) is 2. The molecule has 1 atom stereocenters. The Balaban J connectivity index is 1.66. The van der Waals surface area contributed by atoms with Crippen molar-refractivity contribution in [2.24, 2.45) is 0 Å². The predicted octanol–water partition coefficient (Wildman–Crippen LogP) is 1.60. The second kappa shape index (κ2) is 8.06. The summed E-state index contributed by atoms with van der Waals surface area (Å²) < 4.78 is 11.1. The molecule has 6 heteroatoms. The van der Waals surface area contributed by atoms with Crippen molar-refractivity contribution in [3.8, 4) is 11.5 Å². The summed E-state index contributed by atoms with van der Waals surface area (Å²) in [5, 5.41) is 3.38. The molecule has 2 saturated heterocycles. The van der Waals surface area contributed by atoms with Crippen LogP contribution < -0.4 is 14.8 Å². The van der Waals surface area contributed by atoms with E-state index in [0.29, 0.717) is 23.1 Å². The van der Waals surface area contributed by atoms with Crippen molar-refractivity contribution in [1.29, 1.82) is 0 Å². The van der Waals surface area contributed by atoms with E-state index in [1.54, 1.807) is 13.2 Å². The maximum atomic E-state index is 12.9. The lowest BCUT2D eigenvalue weighted by Crippen LogP contribution is -2.49. The predicted molar refractivity (Wildman–Crippen MR) is 97.5 cm³/mol. The molecule has 0 aliphatic carbocycles. The number of hydrogen-bond donors (Lipinski definition) is 1. The Morgan fingerprint density at radius 2 is 1.96 bits per heavy atom. The van der Waals surface area contributed by atoms with Crippen molar-refractivity contribution in [3.63, 3.8) is 0 Å². The average molecular weight is 347 g/mol. The molecule has 1 unspecified atom stereocenters. The lowest BCUT2D eigenvalue weighted by atomic mass is 10.1. The zero-order valence-electron chi connectivity index (χ0n) is 15.5. The van der Waals surface area contributed by atoms with Crippen LogP contribution in [-0.4, -0.2) is 74.2 Å². The number of carbonyl (C=O) groups excluding carboxylic acids is 1. The molecule has 2 fully saturated rings. The zero-order chi connectivity index (χ0) is 17.8. The highest BCUT2D eigenvalue weighted by Crippen LogP contribution is 2.30. The molecule has 0 radical (unpaired) electrons. The van der Waals surface area contributed by atoms with E-state index in [1.165, 1.54) is 0 Å². The number of piperazine rings is 1. The van der Waals surface area contributed by atoms with Crippen molar-refractivity contribution >= 4 is 5.91 Å². The molecule has 1 aromatic carbocycles. The van der Waals surface area contributed by atoms with Crippen LogP contribution in [0.2, 0.25) is 0 Å². The SMILES string of the molecule is COc1cc(C(=O)N2CCC(N3CCNCC3)C2)ccc1OC(C)C. The van der Waals surface area contributed by atoms with Gasteiger partial charge < -0.3 is 19.7 Å². The van der Waals surface area contributed by atoms with Gasteiger partial charge in [0.25, 0.3) is 5.91 Å². The van der Waals surface area contributed by atoms with Gasteiger partial charge in [-0.1, -0.05) is 0 Å². The van der Waals surface area contributed by atoms with E-state index in [9.17, 15) is 4.79 Å². The fourth-order valence-corrected chi connectivity index (χ4v) is 3.61. The minimum Gasteiger partial charge on any atom is -0.493 e. The monoisotopic (exact) mass is 347 g/mol. The van der Waals surface area contributed by atoms with Crippen molar-refractivity contribution in [2.45, 2.75) is 32.4 Å². The lowest BCUT2D eigenvalue weighted by Gasteiger charge is -2.32. The van der Waals surface area contributed by atoms with E-state index >= 15 is 0 Å². The van der Waals surface area contributed by atoms with Gasteiger partial charge in [-0.15, -0.1) is 0 Å². The molecule has 138 valence electrons. The van der Waals surface area contributed by atoms with Crippen LogP contribution in [-0.2, 0) is 0 Å². The Bertz CT molecular complexity index is 600. The molecule has 0 spiro atoms. The van der Waals surface area contributed by atoms with Crippen LogP contribution in [0.4, 0.5) is 0 Å². The summed E-state index contributed by atoms with van der Waals surface area (Å²) in [4.78, 5) is 17.3. The van der Waals surface area contributed by atoms with Gasteiger partial charge in [-0.05, 0) is 38.5 Å². The molecule has 2 heterocycles. The molecule has 2 aliphatic rings. The maximum absolute atomic E-state index is 12.9. The summed E-state index contributed by atoms with van der Waals surface area (Å²) in [5.74, 6) is 1.36. The van der Waals surface area contributed by atoms with E-state index in [1.807, 2.05) is 30.9 Å². The highest BCUT2D eigenvalue weighted by molar-refractivity contribution is 5.95. The average Bonchev–Trinajstić information content (AvgIpc) is 3.12. The normalized spacial score (nSPS) is 21.6. The zero-order valence-corrected chi connectivity index (χ0v) is 15.5. The van der Waals surface area contributed by atoms with E-state index in [-0.39, 0.29) is 12.0 Å². The summed E-state index contributed by atoms with van der Waals surface area (Å²) >= 11 is 0. The van der Waals surface area contributed by atoms with Crippen LogP contribution in [0.3, 0.4) is 0 Å². The molecule has 3 rings (SSSR count). The van der Waals surface area contributed by atoms with Crippen LogP contribution in [0.5, 0.6) is 11.5 Å². The van der Waals surface area contributed by atoms with E-state index in [2.05, 4.69) is 10.2 Å². The third-order valence-corrected chi connectivity index (χ3v) is 4.89. The highest BCUT2D eigenvalue weighted by atomic mass is 16.5. The second-order valence-corrected chi connectivity index (χ2v) is 7.01. The Morgan fingerprint density at radius 3 is 2.64 bits per heavy atom. The minimum absolute atomic E-state index is 0.0637. The quantitative estimate of drug-likeness (QED) is 0.877. The maximum Gasteiger partial charge on any atom is 0.254 e. The smallest absolute Gasteiger partial charge is 0.254 e. The molecular weight excluding hydrogens is 318 g/mol. The molecule has 1 N–H and O–H groups in total. The summed E-state index contributed by atoms with van der Waals surface area (Å²) in [6.07, 6.45) is 1.12. The van der Waals surface area contributed by atoms with Crippen LogP contribution in [0.25, 0.3) is 0 Å². The van der Waals surface area contributed by atoms with E-state index < -0.39 is 0 Å². The Kier molecular flexibility index (Phi) is 5.81. The first-order chi connectivity index (χ1) is 12.1. The van der Waals surface area contributed by atoms with E-state index in [4.69, 9.17) is 9.47 Å². The van der Waals surface area contributed by atoms with Crippen molar-refractivity contribution in [3.05, 3.63) is 23.8 Å². The van der Waals surface area contributed by atoms with Crippen molar-refractivity contribution in [1.82, 2.24) is 15.1 Å². The number of amides is 1. The van der Waals surface area contributed by atoms with Gasteiger partial charge >= 0.3 is 0 Å². The first-order valence-electron chi connectivity index (χ1n) is 9.17. The number of nitrogens with one attached hydrogen (secondary N) is 1. The molecule has 0 saturated carbocycles. The number of rotatable bonds is 5. The minimum atomic E-state index is 0.0637. The summed E-state index contributed by atoms with van der Waals surface area (Å²) in [5.41, 5.74) is 0.661. The van der Waals surface area contributed by atoms with Gasteiger partial charge in [0.15, 0.2) is 11.5 Å². The largest absolute Gasteiger partial charge is 0.493 e. The van der Waals surface area contributed by atoms with Gasteiger partial charge in [0.2, 0.25) is 0 Å². The third-order valence-electron chi connectivity index (χ3n) is 4.89. The Morgan fingerprint density at radius 1 is 1.20 bits per heavy atom. The third kappa shape index (κ3) is 4.25. The standard InChI is InChI=1S/C19H29N3O3/c1-14(2)25-17-5-4-15(12-18(17)24-3)19(23)22-9-6-16(13-22)21-10-7-20-8-11-21/h4-5,12,14,16,20H,6-11,13H2,1-3H3. The molecule has 1 amide bonds. The van der Waals surface area contributed by atoms with Crippen LogP contribution in [0.15, 0.2) is 18.2 Å². The second-order valence-electron chi connectivity index (χ2n) is 7.01. The first kappa shape index (κ1) is 18.0. The van der Waals surface area contributed by atoms with Gasteiger partial charge in [0.1, 0.15) is 0 Å². The number of benzene rings is 1. The van der Waals surface area contributed by atoms with Gasteiger partial charge in [-0.3, -0.25) is 9.69 Å². The molecule has 6 nitrogen and oxygen atoms in total. The number of methoxy groups -OCH3 is 1. The number of carbonyl (C=O) groups is 1. The van der Waals surface area contributed by atoms with Gasteiger partial charge in [-0.2, -0.15) is 0 Å². The Labute approximate surface area is 150 Å². The van der Waals surface area contributed by atoms with Crippen molar-refractivity contribution in [2.75, 3.05) is 46.4 Å². The summed E-state index contributed by atoms with van der Waals surface area (Å²) in [6.45, 7) is 9.80. The molecule has 2 aliphatic heterocycles. The summed E-state index contributed by atoms with van der Waals surface area (Å²) in [7, 11) is 1.60. The molecule has 1 aromatic rings. The summed E-state index contributed by atoms with van der Waals surface area (Å²) in [6, 6.07) is 5.94. The van der Waals surface area contributed by atoms with E-state index in [0.717, 1.165) is 45.7 Å². The fourth-order valence-electron chi connectivity index (χ4n) is 3.61. The molecule has 0 aromatic heterocycles. The van der Waals surface area contributed by atoms with Crippen LogP contribution in [0, 0.1) is 0 Å². The fraction of sp³-hybridized carbons (Fsp3) is 0.632. The molecule has 0 bridgehead atoms. The number of hydrogen-bond acceptors (Lipinski definition) is 5. The first-order valence-corrected chi connectivity index (χ1v) is 9.17. The lowest BCUT2D eigenvalue weighted by molar-refractivity contribution is 0.0773. The van der Waals surface area contributed by atoms with Gasteiger partial charge in [0.05, 0.1) is 13.2 Å². The number of likely N-dealkylation sites (tertiary alicyclic amines) is 1. The van der Waals surface area contributed by atoms with Crippen molar-refractivity contribution < 1.29 is 14.3 Å². The number of nitrogens with zero attached hydrogens (tertiary/aromatic N) is 2. The van der Waals surface area contributed by atoms with Crippen LogP contribution in [0.1, 0.15) is 30.6 Å². The topological polar surface area (TPSA) is 54.0 Å². The van der Waals surface area contributed by atoms with Gasteiger partial charge in [0, 0.05) is 50.9 Å². The Hall–Kier alpha value is -1.79. The molecular formula is C19H29N3O3. The van der Waals surface area contributed by atoms with Gasteiger partial charge in [-0.25, -0.2) is 0 Å². The highest BCUT2D eigenvalue weighted by Gasteiger charge is 2.31.